The molecule has 0 radical (unpaired) electrons. The summed E-state index contributed by atoms with van der Waals surface area (Å²) in [5.41, 5.74) is 0.664. The van der Waals surface area contributed by atoms with Crippen molar-refractivity contribution in [2.75, 3.05) is 25.4 Å². The average Bonchev–Trinajstić information content (AvgIpc) is 2.48. The van der Waals surface area contributed by atoms with E-state index in [4.69, 9.17) is 5.11 Å². The van der Waals surface area contributed by atoms with Crippen molar-refractivity contribution in [2.24, 2.45) is 0 Å². The van der Waals surface area contributed by atoms with E-state index in [0.717, 1.165) is 5.75 Å². The van der Waals surface area contributed by atoms with Crippen LogP contribution in [0.1, 0.15) is 29.3 Å². The molecule has 3 nitrogen and oxygen atoms in total. The summed E-state index contributed by atoms with van der Waals surface area (Å²) in [7, 11) is 0. The second-order valence-corrected chi connectivity index (χ2v) is 6.45. The lowest BCUT2D eigenvalue weighted by molar-refractivity contribution is 0.0758. The molecule has 1 atom stereocenters. The van der Waals surface area contributed by atoms with Gasteiger partial charge < -0.3 is 10.0 Å². The first-order valence-corrected chi connectivity index (χ1v) is 7.97. The highest BCUT2D eigenvalue weighted by Gasteiger charge is 2.24. The summed E-state index contributed by atoms with van der Waals surface area (Å²) >= 11 is 1.82. The summed E-state index contributed by atoms with van der Waals surface area (Å²) in [5, 5.41) is 9.07. The van der Waals surface area contributed by atoms with Crippen LogP contribution >= 0.6 is 11.8 Å². The molecule has 1 aliphatic rings. The van der Waals surface area contributed by atoms with E-state index < -0.39 is 5.82 Å². The topological polar surface area (TPSA) is 40.5 Å². The van der Waals surface area contributed by atoms with Crippen LogP contribution in [0.25, 0.3) is 0 Å². The van der Waals surface area contributed by atoms with Gasteiger partial charge in [0.25, 0.3) is 5.91 Å². The van der Waals surface area contributed by atoms with Crippen LogP contribution in [0.15, 0.2) is 18.2 Å². The third-order valence-electron chi connectivity index (χ3n) is 3.19. The number of thioether (sulfide) groups is 1. The van der Waals surface area contributed by atoms with Gasteiger partial charge in [-0.25, -0.2) is 4.39 Å². The number of nitrogens with zero attached hydrogens (tertiary/aromatic N) is 1. The molecule has 1 aromatic rings. The highest BCUT2D eigenvalue weighted by atomic mass is 32.2. The van der Waals surface area contributed by atoms with Crippen molar-refractivity contribution < 1.29 is 14.3 Å². The van der Waals surface area contributed by atoms with Gasteiger partial charge in [-0.05, 0) is 18.2 Å². The number of hydrogen-bond donors (Lipinski definition) is 1. The van der Waals surface area contributed by atoms with Gasteiger partial charge in [-0.2, -0.15) is 11.8 Å². The van der Waals surface area contributed by atoms with Gasteiger partial charge in [0.1, 0.15) is 5.82 Å². The molecule has 2 rings (SSSR count). The zero-order chi connectivity index (χ0) is 15.2. The Labute approximate surface area is 128 Å². The monoisotopic (exact) mass is 307 g/mol. The van der Waals surface area contributed by atoms with Crippen molar-refractivity contribution in [3.63, 3.8) is 0 Å². The van der Waals surface area contributed by atoms with E-state index in [2.05, 4.69) is 18.8 Å². The lowest BCUT2D eigenvalue weighted by Gasteiger charge is -2.30. The van der Waals surface area contributed by atoms with Crippen molar-refractivity contribution in [2.45, 2.75) is 18.6 Å². The lowest BCUT2D eigenvalue weighted by Crippen LogP contribution is -2.41. The van der Waals surface area contributed by atoms with E-state index in [9.17, 15) is 9.18 Å². The van der Waals surface area contributed by atoms with Crippen LogP contribution in [-0.2, 0) is 0 Å². The van der Waals surface area contributed by atoms with Gasteiger partial charge in [0.15, 0.2) is 0 Å². The molecule has 1 unspecified atom stereocenters. The molecule has 0 saturated carbocycles. The van der Waals surface area contributed by atoms with Crippen LogP contribution in [0.5, 0.6) is 0 Å². The third-order valence-corrected chi connectivity index (χ3v) is 4.33. The highest BCUT2D eigenvalue weighted by molar-refractivity contribution is 7.99. The van der Waals surface area contributed by atoms with Gasteiger partial charge in [-0.1, -0.05) is 18.8 Å². The Morgan fingerprint density at radius 3 is 3.10 bits per heavy atom. The molecular formula is C16H18FNO2S. The van der Waals surface area contributed by atoms with Gasteiger partial charge in [0, 0.05) is 36.1 Å². The Morgan fingerprint density at radius 1 is 1.57 bits per heavy atom. The summed E-state index contributed by atoms with van der Waals surface area (Å²) < 4.78 is 13.9. The Balaban J connectivity index is 2.20. The van der Waals surface area contributed by atoms with E-state index in [1.54, 1.807) is 11.0 Å². The first kappa shape index (κ1) is 15.9. The van der Waals surface area contributed by atoms with Gasteiger partial charge in [-0.15, -0.1) is 0 Å². The summed E-state index contributed by atoms with van der Waals surface area (Å²) in [6.45, 7) is 3.34. The van der Waals surface area contributed by atoms with Gasteiger partial charge in [-0.3, -0.25) is 4.79 Å². The fraction of sp³-hybridized carbons (Fsp3) is 0.438. The first-order valence-electron chi connectivity index (χ1n) is 6.92. The molecule has 0 aliphatic carbocycles. The maximum Gasteiger partial charge on any atom is 0.256 e. The van der Waals surface area contributed by atoms with E-state index in [1.165, 1.54) is 12.1 Å². The normalized spacial score (nSPS) is 18.0. The Hall–Kier alpha value is -1.51. The van der Waals surface area contributed by atoms with Gasteiger partial charge in [0.2, 0.25) is 0 Å². The Bertz CT molecular complexity index is 579. The van der Waals surface area contributed by atoms with Crippen molar-refractivity contribution in [1.29, 1.82) is 0 Å². The van der Waals surface area contributed by atoms with E-state index in [1.807, 2.05) is 11.8 Å². The minimum Gasteiger partial charge on any atom is -0.395 e. The number of aliphatic hydroxyl groups is 1. The number of hydrogen-bond acceptors (Lipinski definition) is 3. The Morgan fingerprint density at radius 2 is 2.38 bits per heavy atom. The quantitative estimate of drug-likeness (QED) is 0.851. The fourth-order valence-corrected chi connectivity index (χ4v) is 3.17. The summed E-state index contributed by atoms with van der Waals surface area (Å²) in [6.07, 6.45) is 0.363. The second-order valence-electron chi connectivity index (χ2n) is 4.90. The SMILES string of the molecule is CC1CN(C(=O)c2cc(C#CCCO)ccc2F)CCS1. The number of carbonyl (C=O) groups excluding carboxylic acids is 1. The largest absolute Gasteiger partial charge is 0.395 e. The van der Waals surface area contributed by atoms with Crippen molar-refractivity contribution >= 4 is 17.7 Å². The minimum absolute atomic E-state index is 0.0106. The fourth-order valence-electron chi connectivity index (χ4n) is 2.16. The van der Waals surface area contributed by atoms with Gasteiger partial charge >= 0.3 is 0 Å². The summed E-state index contributed by atoms with van der Waals surface area (Å²) in [6, 6.07) is 4.32. The van der Waals surface area contributed by atoms with Crippen LogP contribution in [0.2, 0.25) is 0 Å². The summed E-state index contributed by atoms with van der Waals surface area (Å²) in [5.74, 6) is 5.69. The summed E-state index contributed by atoms with van der Waals surface area (Å²) in [4.78, 5) is 14.1. The van der Waals surface area contributed by atoms with E-state index in [-0.39, 0.29) is 18.1 Å². The number of rotatable bonds is 2. The van der Waals surface area contributed by atoms with Crippen molar-refractivity contribution in [3.05, 3.63) is 35.1 Å². The standard InChI is InChI=1S/C16H18FNO2S/c1-12-11-18(7-9-21-12)16(20)14-10-13(4-2-3-8-19)5-6-15(14)17/h5-6,10,12,19H,3,7-9,11H2,1H3. The molecule has 1 aliphatic heterocycles. The second kappa shape index (κ2) is 7.48. The number of halogens is 1. The molecule has 0 spiro atoms. The van der Waals surface area contributed by atoms with Crippen LogP contribution in [-0.4, -0.2) is 46.6 Å². The zero-order valence-electron chi connectivity index (χ0n) is 11.9. The van der Waals surface area contributed by atoms with Crippen molar-refractivity contribution in [1.82, 2.24) is 4.90 Å². The molecular weight excluding hydrogens is 289 g/mol. The smallest absolute Gasteiger partial charge is 0.256 e. The molecule has 112 valence electrons. The van der Waals surface area contributed by atoms with E-state index >= 15 is 0 Å². The van der Waals surface area contributed by atoms with Crippen molar-refractivity contribution in [3.8, 4) is 11.8 Å². The molecule has 0 bridgehead atoms. The molecule has 1 amide bonds. The molecule has 5 heteroatoms. The molecule has 1 fully saturated rings. The minimum atomic E-state index is -0.515. The molecule has 21 heavy (non-hydrogen) atoms. The molecule has 0 aromatic heterocycles. The van der Waals surface area contributed by atoms with Crippen LogP contribution < -0.4 is 0 Å². The number of benzene rings is 1. The average molecular weight is 307 g/mol. The zero-order valence-corrected chi connectivity index (χ0v) is 12.8. The predicted octanol–water partition coefficient (Wildman–Crippen LogP) is 2.14. The van der Waals surface area contributed by atoms with Crippen LogP contribution in [0, 0.1) is 17.7 Å². The third kappa shape index (κ3) is 4.23. The van der Waals surface area contributed by atoms with Gasteiger partial charge in [0.05, 0.1) is 12.2 Å². The lowest BCUT2D eigenvalue weighted by atomic mass is 10.1. The first-order chi connectivity index (χ1) is 10.1. The van der Waals surface area contributed by atoms with E-state index in [0.29, 0.717) is 30.3 Å². The Kier molecular flexibility index (Phi) is 5.66. The molecule has 1 heterocycles. The molecule has 1 saturated heterocycles. The maximum absolute atomic E-state index is 13.9. The predicted molar refractivity (Wildman–Crippen MR) is 82.8 cm³/mol. The molecule has 1 N–H and O–H groups in total. The molecule has 1 aromatic carbocycles. The maximum atomic E-state index is 13.9. The van der Waals surface area contributed by atoms with Crippen LogP contribution in [0.3, 0.4) is 0 Å². The van der Waals surface area contributed by atoms with Crippen LogP contribution in [0.4, 0.5) is 4.39 Å². The highest BCUT2D eigenvalue weighted by Crippen LogP contribution is 2.21. The number of amides is 1. The number of aliphatic hydroxyl groups excluding tert-OH is 1. The number of carbonyl (C=O) groups is 1.